The lowest BCUT2D eigenvalue weighted by Gasteiger charge is -2.04. The van der Waals surface area contributed by atoms with E-state index in [9.17, 15) is 0 Å². The van der Waals surface area contributed by atoms with Crippen LogP contribution in [-0.4, -0.2) is 19.9 Å². The minimum Gasteiger partial charge on any atom is -0.398 e. The molecule has 6 heteroatoms. The van der Waals surface area contributed by atoms with Crippen LogP contribution in [0.1, 0.15) is 17.0 Å². The lowest BCUT2D eigenvalue weighted by molar-refractivity contribution is 0.432. The fraction of sp³-hybridized carbons (Fsp3) is 0.150. The van der Waals surface area contributed by atoms with E-state index in [4.69, 9.17) is 10.3 Å². The second kappa shape index (κ2) is 6.15. The fourth-order valence-electron chi connectivity index (χ4n) is 3.10. The minimum atomic E-state index is 0.457. The van der Waals surface area contributed by atoms with Crippen molar-refractivity contribution in [1.29, 1.82) is 0 Å². The van der Waals surface area contributed by atoms with Gasteiger partial charge in [0.15, 0.2) is 0 Å². The van der Waals surface area contributed by atoms with Crippen molar-refractivity contribution in [2.24, 2.45) is 0 Å². The first kappa shape index (κ1) is 16.1. The summed E-state index contributed by atoms with van der Waals surface area (Å²) in [5.41, 5.74) is 12.1. The molecule has 0 aliphatic carbocycles. The summed E-state index contributed by atoms with van der Waals surface area (Å²) in [6, 6.07) is 15.7. The molecule has 0 bridgehead atoms. The second-order valence-corrected chi connectivity index (χ2v) is 6.24. The van der Waals surface area contributed by atoms with E-state index in [1.54, 1.807) is 0 Å². The molecule has 0 fully saturated rings. The van der Waals surface area contributed by atoms with E-state index in [1.165, 1.54) is 0 Å². The van der Waals surface area contributed by atoms with Crippen molar-refractivity contribution in [2.75, 3.05) is 5.73 Å². The Labute approximate surface area is 151 Å². The highest BCUT2D eigenvalue weighted by Crippen LogP contribution is 2.31. The Morgan fingerprint density at radius 2 is 1.73 bits per heavy atom. The summed E-state index contributed by atoms with van der Waals surface area (Å²) in [5, 5.41) is 8.79. The number of benzene rings is 2. The van der Waals surface area contributed by atoms with E-state index < -0.39 is 0 Å². The van der Waals surface area contributed by atoms with Gasteiger partial charge in [0.05, 0.1) is 22.6 Å². The molecule has 0 saturated heterocycles. The molecular formula is C20H19N5O. The van der Waals surface area contributed by atoms with Crippen LogP contribution in [0.4, 0.5) is 5.69 Å². The number of nitrogen functional groups attached to an aromatic ring is 1. The van der Waals surface area contributed by atoms with Gasteiger partial charge in [0.1, 0.15) is 0 Å². The quantitative estimate of drug-likeness (QED) is 0.565. The van der Waals surface area contributed by atoms with Crippen molar-refractivity contribution < 1.29 is 4.52 Å². The summed E-state index contributed by atoms with van der Waals surface area (Å²) >= 11 is 0. The van der Waals surface area contributed by atoms with E-state index in [0.29, 0.717) is 17.4 Å². The maximum atomic E-state index is 5.99. The van der Waals surface area contributed by atoms with Crippen LogP contribution in [0.5, 0.6) is 0 Å². The van der Waals surface area contributed by atoms with Crippen LogP contribution in [0.15, 0.2) is 53.1 Å². The predicted molar refractivity (Wildman–Crippen MR) is 101 cm³/mol. The molecule has 2 heterocycles. The van der Waals surface area contributed by atoms with Crippen LogP contribution >= 0.6 is 0 Å². The van der Waals surface area contributed by atoms with Crippen LogP contribution in [0.25, 0.3) is 28.5 Å². The average molecular weight is 345 g/mol. The van der Waals surface area contributed by atoms with Crippen LogP contribution in [-0.2, 0) is 0 Å². The Morgan fingerprint density at radius 3 is 2.50 bits per heavy atom. The number of nitrogens with zero attached hydrogens (tertiary/aromatic N) is 4. The van der Waals surface area contributed by atoms with Crippen molar-refractivity contribution in [2.45, 2.75) is 20.8 Å². The van der Waals surface area contributed by atoms with Gasteiger partial charge in [-0.15, -0.1) is 0 Å². The topological polar surface area (TPSA) is 82.8 Å². The molecule has 0 atom stereocenters. The Morgan fingerprint density at radius 1 is 0.962 bits per heavy atom. The van der Waals surface area contributed by atoms with Gasteiger partial charge in [-0.1, -0.05) is 35.5 Å². The lowest BCUT2D eigenvalue weighted by atomic mass is 10.1. The van der Waals surface area contributed by atoms with Crippen molar-refractivity contribution >= 4 is 5.69 Å². The van der Waals surface area contributed by atoms with Crippen molar-refractivity contribution in [3.63, 3.8) is 0 Å². The van der Waals surface area contributed by atoms with Gasteiger partial charge in [-0.25, -0.2) is 4.68 Å². The first-order valence-corrected chi connectivity index (χ1v) is 8.37. The molecule has 6 nitrogen and oxygen atoms in total. The SMILES string of the molecule is Cc1nn(-c2ccccc2)c(C)c1-c1nc(-c2cccc(N)c2C)no1. The summed E-state index contributed by atoms with van der Waals surface area (Å²) in [6.07, 6.45) is 0. The van der Waals surface area contributed by atoms with Gasteiger partial charge in [-0.05, 0) is 44.5 Å². The van der Waals surface area contributed by atoms with Crippen LogP contribution in [0.3, 0.4) is 0 Å². The summed E-state index contributed by atoms with van der Waals surface area (Å²) in [5.74, 6) is 0.982. The highest BCUT2D eigenvalue weighted by Gasteiger charge is 2.21. The highest BCUT2D eigenvalue weighted by atomic mass is 16.5. The summed E-state index contributed by atoms with van der Waals surface area (Å²) in [6.45, 7) is 5.89. The number of para-hydroxylation sites is 1. The van der Waals surface area contributed by atoms with E-state index >= 15 is 0 Å². The molecule has 0 saturated carbocycles. The summed E-state index contributed by atoms with van der Waals surface area (Å²) < 4.78 is 7.44. The van der Waals surface area contributed by atoms with Crippen molar-refractivity contribution in [1.82, 2.24) is 19.9 Å². The number of nitrogens with two attached hydrogens (primary N) is 1. The van der Waals surface area contributed by atoms with Gasteiger partial charge >= 0.3 is 0 Å². The largest absolute Gasteiger partial charge is 0.398 e. The molecule has 4 rings (SSSR count). The summed E-state index contributed by atoms with van der Waals surface area (Å²) in [7, 11) is 0. The van der Waals surface area contributed by atoms with Crippen LogP contribution < -0.4 is 5.73 Å². The molecule has 26 heavy (non-hydrogen) atoms. The standard InChI is InChI=1S/C20H19N5O/c1-12-16(10-7-11-17(12)21)19-22-20(26-24-19)18-13(2)23-25(14(18)3)15-8-5-4-6-9-15/h4-11H,21H2,1-3H3. The predicted octanol–water partition coefficient (Wildman–Crippen LogP) is 4.10. The Bertz CT molecular complexity index is 1080. The van der Waals surface area contributed by atoms with Gasteiger partial charge in [0, 0.05) is 11.3 Å². The Balaban J connectivity index is 1.80. The van der Waals surface area contributed by atoms with Crippen molar-refractivity contribution in [3.05, 3.63) is 65.5 Å². The zero-order chi connectivity index (χ0) is 18.3. The highest BCUT2D eigenvalue weighted by molar-refractivity contribution is 5.69. The number of rotatable bonds is 3. The molecule has 2 N–H and O–H groups in total. The molecule has 2 aromatic heterocycles. The molecule has 0 radical (unpaired) electrons. The number of aromatic nitrogens is 4. The normalized spacial score (nSPS) is 11.0. The van der Waals surface area contributed by atoms with Gasteiger partial charge in [-0.3, -0.25) is 0 Å². The van der Waals surface area contributed by atoms with E-state index in [2.05, 4.69) is 15.2 Å². The Hall–Kier alpha value is -3.41. The van der Waals surface area contributed by atoms with Crippen molar-refractivity contribution in [3.8, 4) is 28.5 Å². The summed E-state index contributed by atoms with van der Waals surface area (Å²) in [4.78, 5) is 4.59. The average Bonchev–Trinajstić information content (AvgIpc) is 3.22. The smallest absolute Gasteiger partial charge is 0.262 e. The molecule has 0 amide bonds. The zero-order valence-electron chi connectivity index (χ0n) is 14.9. The molecule has 2 aromatic carbocycles. The molecular weight excluding hydrogens is 326 g/mol. The van der Waals surface area contributed by atoms with E-state index in [-0.39, 0.29) is 0 Å². The molecule has 0 unspecified atom stereocenters. The van der Waals surface area contributed by atoms with Gasteiger partial charge in [0.25, 0.3) is 5.89 Å². The minimum absolute atomic E-state index is 0.457. The monoisotopic (exact) mass is 345 g/mol. The first-order chi connectivity index (χ1) is 12.6. The van der Waals surface area contributed by atoms with Crippen LogP contribution in [0, 0.1) is 20.8 Å². The third-order valence-electron chi connectivity index (χ3n) is 4.55. The van der Waals surface area contributed by atoms with Gasteiger partial charge < -0.3 is 10.3 Å². The zero-order valence-corrected chi connectivity index (χ0v) is 14.9. The van der Waals surface area contributed by atoms with Crippen LogP contribution in [0.2, 0.25) is 0 Å². The van der Waals surface area contributed by atoms with E-state index in [1.807, 2.05) is 74.0 Å². The lowest BCUT2D eigenvalue weighted by Crippen LogP contribution is -1.98. The third kappa shape index (κ3) is 2.56. The maximum Gasteiger partial charge on any atom is 0.262 e. The fourth-order valence-corrected chi connectivity index (χ4v) is 3.10. The number of hydrogen-bond acceptors (Lipinski definition) is 5. The Kier molecular flexibility index (Phi) is 3.80. The second-order valence-electron chi connectivity index (χ2n) is 6.24. The van der Waals surface area contributed by atoms with Gasteiger partial charge in [0.2, 0.25) is 5.82 Å². The first-order valence-electron chi connectivity index (χ1n) is 8.37. The molecule has 0 spiro atoms. The number of hydrogen-bond donors (Lipinski definition) is 1. The maximum absolute atomic E-state index is 5.99. The number of anilines is 1. The molecule has 0 aliphatic rings. The molecule has 4 aromatic rings. The molecule has 130 valence electrons. The van der Waals surface area contributed by atoms with E-state index in [0.717, 1.165) is 33.8 Å². The number of aryl methyl sites for hydroxylation is 1. The van der Waals surface area contributed by atoms with Gasteiger partial charge in [-0.2, -0.15) is 10.1 Å². The third-order valence-corrected chi connectivity index (χ3v) is 4.55. The molecule has 0 aliphatic heterocycles.